The minimum atomic E-state index is -2.99. The zero-order valence-electron chi connectivity index (χ0n) is 11.5. The third-order valence-corrected chi connectivity index (χ3v) is 3.60. The molecule has 2 rings (SSSR count). The molecule has 1 saturated carbocycles. The molecule has 0 heterocycles. The van der Waals surface area contributed by atoms with Gasteiger partial charge in [0.2, 0.25) is 0 Å². The first-order valence-electron chi connectivity index (χ1n) is 6.85. The van der Waals surface area contributed by atoms with Gasteiger partial charge in [0, 0.05) is 6.04 Å². The summed E-state index contributed by atoms with van der Waals surface area (Å²) in [5, 5.41) is 8.91. The highest BCUT2D eigenvalue weighted by Gasteiger charge is 2.29. The molecule has 0 aromatic heterocycles. The van der Waals surface area contributed by atoms with Gasteiger partial charge in [-0.25, -0.2) is 0 Å². The average Bonchev–Trinajstić information content (AvgIpc) is 2.98. The second kappa shape index (κ2) is 7.02. The molecule has 0 aliphatic heterocycles. The number of alkyl halides is 2. The topological polar surface area (TPSA) is 53.3 Å². The normalized spacial score (nSPS) is 15.0. The molecule has 1 aromatic carbocycles. The standard InChI is InChI=1S/C15H16F2N2O2/c16-15(17)21-13-8-4-3-7-12(13)14(20)19(10-9-18)11-5-1-2-6-11/h3-4,7-8,11,15H,1-2,5-6,10H2. The maximum atomic E-state index is 12.6. The Hall–Kier alpha value is -2.16. The maximum absolute atomic E-state index is 12.6. The Morgan fingerprint density at radius 3 is 2.67 bits per heavy atom. The number of amides is 1. The molecule has 0 spiro atoms. The second-order valence-corrected chi connectivity index (χ2v) is 4.90. The third kappa shape index (κ3) is 3.69. The van der Waals surface area contributed by atoms with Crippen molar-refractivity contribution in [3.05, 3.63) is 29.8 Å². The lowest BCUT2D eigenvalue weighted by molar-refractivity contribution is -0.0503. The zero-order chi connectivity index (χ0) is 15.2. The van der Waals surface area contributed by atoms with E-state index in [0.29, 0.717) is 0 Å². The van der Waals surface area contributed by atoms with Gasteiger partial charge in [0.15, 0.2) is 0 Å². The Labute approximate surface area is 121 Å². The van der Waals surface area contributed by atoms with Crippen molar-refractivity contribution in [2.24, 2.45) is 0 Å². The van der Waals surface area contributed by atoms with Crippen LogP contribution in [0.3, 0.4) is 0 Å². The molecule has 112 valence electrons. The first-order chi connectivity index (χ1) is 10.1. The van der Waals surface area contributed by atoms with Crippen LogP contribution in [0.25, 0.3) is 0 Å². The molecule has 0 N–H and O–H groups in total. The number of hydrogen-bond donors (Lipinski definition) is 0. The lowest BCUT2D eigenvalue weighted by atomic mass is 10.1. The summed E-state index contributed by atoms with van der Waals surface area (Å²) >= 11 is 0. The van der Waals surface area contributed by atoms with Gasteiger partial charge in [-0.1, -0.05) is 25.0 Å². The molecular weight excluding hydrogens is 278 g/mol. The fourth-order valence-electron chi connectivity index (χ4n) is 2.66. The monoisotopic (exact) mass is 294 g/mol. The van der Waals surface area contributed by atoms with Crippen molar-refractivity contribution in [1.29, 1.82) is 5.26 Å². The van der Waals surface area contributed by atoms with E-state index < -0.39 is 12.5 Å². The second-order valence-electron chi connectivity index (χ2n) is 4.90. The summed E-state index contributed by atoms with van der Waals surface area (Å²) in [6, 6.07) is 7.86. The van der Waals surface area contributed by atoms with Crippen LogP contribution in [0, 0.1) is 11.3 Å². The molecule has 0 unspecified atom stereocenters. The highest BCUT2D eigenvalue weighted by molar-refractivity contribution is 5.97. The summed E-state index contributed by atoms with van der Waals surface area (Å²) in [4.78, 5) is 14.0. The van der Waals surface area contributed by atoms with E-state index in [-0.39, 0.29) is 23.9 Å². The van der Waals surface area contributed by atoms with E-state index in [4.69, 9.17) is 5.26 Å². The van der Waals surface area contributed by atoms with E-state index >= 15 is 0 Å². The van der Waals surface area contributed by atoms with Crippen molar-refractivity contribution < 1.29 is 18.3 Å². The molecule has 6 heteroatoms. The first-order valence-corrected chi connectivity index (χ1v) is 6.85. The molecule has 1 aromatic rings. The molecule has 0 bridgehead atoms. The number of nitrogens with zero attached hydrogens (tertiary/aromatic N) is 2. The third-order valence-electron chi connectivity index (χ3n) is 3.60. The largest absolute Gasteiger partial charge is 0.434 e. The van der Waals surface area contributed by atoms with E-state index in [0.717, 1.165) is 25.7 Å². The quantitative estimate of drug-likeness (QED) is 0.784. The summed E-state index contributed by atoms with van der Waals surface area (Å²) in [5.74, 6) is -0.585. The maximum Gasteiger partial charge on any atom is 0.387 e. The van der Waals surface area contributed by atoms with Crippen LogP contribution in [0.15, 0.2) is 24.3 Å². The number of carbonyl (C=O) groups excluding carboxylic acids is 1. The van der Waals surface area contributed by atoms with E-state index in [9.17, 15) is 13.6 Å². The summed E-state index contributed by atoms with van der Waals surface area (Å²) < 4.78 is 29.2. The predicted octanol–water partition coefficient (Wildman–Crippen LogP) is 3.20. The van der Waals surface area contributed by atoms with Gasteiger partial charge in [0.05, 0.1) is 11.6 Å². The van der Waals surface area contributed by atoms with E-state index in [1.54, 1.807) is 6.07 Å². The molecule has 4 nitrogen and oxygen atoms in total. The summed E-state index contributed by atoms with van der Waals surface area (Å²) in [6.45, 7) is -3.04. The molecule has 0 saturated heterocycles. The van der Waals surface area contributed by atoms with Crippen molar-refractivity contribution in [2.75, 3.05) is 6.54 Å². The van der Waals surface area contributed by atoms with Crippen LogP contribution < -0.4 is 4.74 Å². The van der Waals surface area contributed by atoms with Crippen molar-refractivity contribution >= 4 is 5.91 Å². The smallest absolute Gasteiger partial charge is 0.387 e. The minimum absolute atomic E-state index is 0.00300. The van der Waals surface area contributed by atoms with Crippen molar-refractivity contribution in [3.8, 4) is 11.8 Å². The zero-order valence-corrected chi connectivity index (χ0v) is 11.5. The number of halogens is 2. The Balaban J connectivity index is 2.26. The van der Waals surface area contributed by atoms with Gasteiger partial charge in [-0.15, -0.1) is 0 Å². The summed E-state index contributed by atoms with van der Waals surface area (Å²) in [5.41, 5.74) is 0.0694. The molecule has 0 radical (unpaired) electrons. The van der Waals surface area contributed by atoms with E-state index in [2.05, 4.69) is 4.74 Å². The van der Waals surface area contributed by atoms with Crippen LogP contribution >= 0.6 is 0 Å². The van der Waals surface area contributed by atoms with E-state index in [1.165, 1.54) is 23.1 Å². The molecule has 1 amide bonds. The van der Waals surface area contributed by atoms with Crippen molar-refractivity contribution in [1.82, 2.24) is 4.90 Å². The van der Waals surface area contributed by atoms with Gasteiger partial charge in [-0.3, -0.25) is 4.79 Å². The van der Waals surface area contributed by atoms with Gasteiger partial charge in [0.25, 0.3) is 5.91 Å². The summed E-state index contributed by atoms with van der Waals surface area (Å²) in [6.07, 6.45) is 3.70. The number of benzene rings is 1. The molecule has 1 aliphatic carbocycles. The van der Waals surface area contributed by atoms with Crippen LogP contribution in [-0.4, -0.2) is 30.0 Å². The molecule has 1 fully saturated rings. The van der Waals surface area contributed by atoms with Gasteiger partial charge >= 0.3 is 6.61 Å². The van der Waals surface area contributed by atoms with Crippen LogP contribution in [0.2, 0.25) is 0 Å². The summed E-state index contributed by atoms with van der Waals surface area (Å²) in [7, 11) is 0. The number of rotatable bonds is 5. The van der Waals surface area contributed by atoms with Gasteiger partial charge in [-0.05, 0) is 25.0 Å². The Kier molecular flexibility index (Phi) is 5.09. The fraction of sp³-hybridized carbons (Fsp3) is 0.467. The number of ether oxygens (including phenoxy) is 1. The minimum Gasteiger partial charge on any atom is -0.434 e. The number of nitriles is 1. The average molecular weight is 294 g/mol. The van der Waals surface area contributed by atoms with Gasteiger partial charge in [-0.2, -0.15) is 14.0 Å². The van der Waals surface area contributed by atoms with E-state index in [1.807, 2.05) is 6.07 Å². The SMILES string of the molecule is N#CCN(C(=O)c1ccccc1OC(F)F)C1CCCC1. The Morgan fingerprint density at radius 1 is 1.38 bits per heavy atom. The predicted molar refractivity (Wildman–Crippen MR) is 72.0 cm³/mol. The van der Waals surface area contributed by atoms with Crippen LogP contribution in [0.1, 0.15) is 36.0 Å². The van der Waals surface area contributed by atoms with Crippen molar-refractivity contribution in [3.63, 3.8) is 0 Å². The molecule has 1 aliphatic rings. The molecule has 21 heavy (non-hydrogen) atoms. The van der Waals surface area contributed by atoms with Crippen LogP contribution in [0.5, 0.6) is 5.75 Å². The Morgan fingerprint density at radius 2 is 2.05 bits per heavy atom. The van der Waals surface area contributed by atoms with Crippen molar-refractivity contribution in [2.45, 2.75) is 38.3 Å². The number of carbonyl (C=O) groups is 1. The number of hydrogen-bond acceptors (Lipinski definition) is 3. The Bertz CT molecular complexity index is 537. The molecule has 0 atom stereocenters. The number of para-hydroxylation sites is 1. The molecular formula is C15H16F2N2O2. The van der Waals surface area contributed by atoms with Gasteiger partial charge in [0.1, 0.15) is 12.3 Å². The van der Waals surface area contributed by atoms with Gasteiger partial charge < -0.3 is 9.64 Å². The van der Waals surface area contributed by atoms with Crippen LogP contribution in [0.4, 0.5) is 8.78 Å². The van der Waals surface area contributed by atoms with Crippen LogP contribution in [-0.2, 0) is 0 Å². The lowest BCUT2D eigenvalue weighted by Gasteiger charge is -2.27. The lowest BCUT2D eigenvalue weighted by Crippen LogP contribution is -2.39. The highest BCUT2D eigenvalue weighted by Crippen LogP contribution is 2.27. The first kappa shape index (κ1) is 15.2. The highest BCUT2D eigenvalue weighted by atomic mass is 19.3. The fourth-order valence-corrected chi connectivity index (χ4v) is 2.66.